The van der Waals surface area contributed by atoms with E-state index in [1.54, 1.807) is 0 Å². The summed E-state index contributed by atoms with van der Waals surface area (Å²) in [5.74, 6) is 3.00. The number of tetrazole rings is 1. The van der Waals surface area contributed by atoms with Crippen molar-refractivity contribution in [1.29, 1.82) is 0 Å². The van der Waals surface area contributed by atoms with Crippen LogP contribution in [0.15, 0.2) is 0 Å². The number of hydrogen-bond donors (Lipinski definition) is 2. The number of aromatic amines is 2. The van der Waals surface area contributed by atoms with Gasteiger partial charge in [0.15, 0.2) is 0 Å². The first-order valence-electron chi connectivity index (χ1n) is 5.71. The highest BCUT2D eigenvalue weighted by atomic mass is 15.5. The van der Waals surface area contributed by atoms with E-state index in [4.69, 9.17) is 0 Å². The maximum absolute atomic E-state index is 4.43. The van der Waals surface area contributed by atoms with Gasteiger partial charge in [-0.1, -0.05) is 13.3 Å². The number of rotatable bonds is 2. The molecule has 0 aromatic carbocycles. The van der Waals surface area contributed by atoms with E-state index in [9.17, 15) is 0 Å². The van der Waals surface area contributed by atoms with Gasteiger partial charge in [-0.25, -0.2) is 0 Å². The first-order chi connectivity index (χ1) is 7.90. The normalized spacial score (nSPS) is 30.2. The lowest BCUT2D eigenvalue weighted by atomic mass is 10.0. The second-order valence-corrected chi connectivity index (χ2v) is 4.66. The molecule has 1 saturated carbocycles. The Hall–Kier alpha value is -1.72. The smallest absolute Gasteiger partial charge is 0.222 e. The van der Waals surface area contributed by atoms with Gasteiger partial charge in [0.25, 0.3) is 0 Å². The molecule has 0 bridgehead atoms. The monoisotopic (exact) mass is 216 g/mol. The van der Waals surface area contributed by atoms with Crippen LogP contribution in [0.25, 0.3) is 11.5 Å². The third kappa shape index (κ3) is 0.874. The van der Waals surface area contributed by atoms with Crippen molar-refractivity contribution in [3.63, 3.8) is 0 Å². The molecule has 16 heavy (non-hydrogen) atoms. The molecule has 6 heteroatoms. The van der Waals surface area contributed by atoms with Crippen molar-refractivity contribution in [2.75, 3.05) is 0 Å². The topological polar surface area (TPSA) is 83.1 Å². The lowest BCUT2D eigenvalue weighted by Crippen LogP contribution is -1.93. The molecule has 0 spiro atoms. The Kier molecular flexibility index (Phi) is 1.42. The third-order valence-electron chi connectivity index (χ3n) is 4.03. The van der Waals surface area contributed by atoms with Crippen LogP contribution in [0.1, 0.15) is 30.5 Å². The fourth-order valence-electron chi connectivity index (χ4n) is 3.24. The summed E-state index contributed by atoms with van der Waals surface area (Å²) in [4.78, 5) is 0. The number of nitrogens with one attached hydrogen (secondary N) is 2. The highest BCUT2D eigenvalue weighted by Gasteiger charge is 2.56. The number of nitrogens with zero attached hydrogens (tertiary/aromatic N) is 4. The van der Waals surface area contributed by atoms with E-state index in [0.717, 1.165) is 24.0 Å². The van der Waals surface area contributed by atoms with Crippen LogP contribution in [-0.4, -0.2) is 30.8 Å². The van der Waals surface area contributed by atoms with Crippen LogP contribution in [0.2, 0.25) is 0 Å². The van der Waals surface area contributed by atoms with Crippen molar-refractivity contribution in [3.8, 4) is 11.5 Å². The maximum Gasteiger partial charge on any atom is 0.222 e. The molecule has 2 aliphatic rings. The summed E-state index contributed by atoms with van der Waals surface area (Å²) in [6, 6.07) is 0. The Morgan fingerprint density at radius 2 is 2.31 bits per heavy atom. The summed E-state index contributed by atoms with van der Waals surface area (Å²) in [6.07, 6.45) is 2.39. The minimum atomic E-state index is 0.628. The van der Waals surface area contributed by atoms with E-state index in [2.05, 4.69) is 37.7 Å². The summed E-state index contributed by atoms with van der Waals surface area (Å²) >= 11 is 0. The number of H-pyrrole nitrogens is 2. The van der Waals surface area contributed by atoms with Gasteiger partial charge in [0.05, 0.1) is 5.69 Å². The molecule has 0 amide bonds. The van der Waals surface area contributed by atoms with Crippen LogP contribution in [0, 0.1) is 11.8 Å². The maximum atomic E-state index is 4.43. The molecule has 6 nitrogen and oxygen atoms in total. The summed E-state index contributed by atoms with van der Waals surface area (Å²) in [6.45, 7) is 2.26. The van der Waals surface area contributed by atoms with Gasteiger partial charge in [0.1, 0.15) is 5.69 Å². The van der Waals surface area contributed by atoms with Gasteiger partial charge in [-0.05, 0) is 23.5 Å². The molecule has 82 valence electrons. The Morgan fingerprint density at radius 1 is 1.38 bits per heavy atom. The molecule has 2 aliphatic carbocycles. The second kappa shape index (κ2) is 2.69. The first-order valence-corrected chi connectivity index (χ1v) is 5.71. The van der Waals surface area contributed by atoms with Gasteiger partial charge >= 0.3 is 0 Å². The van der Waals surface area contributed by atoms with Crippen molar-refractivity contribution in [2.45, 2.75) is 25.7 Å². The molecule has 2 N–H and O–H groups in total. The Labute approximate surface area is 91.8 Å². The van der Waals surface area contributed by atoms with Crippen molar-refractivity contribution < 1.29 is 0 Å². The SMILES string of the molecule is CC[C@@H]1[C@@H]2Cc3c(n[nH]c3-c3nn[nH]n3)[C@H]12. The van der Waals surface area contributed by atoms with E-state index in [0.29, 0.717) is 11.7 Å². The summed E-state index contributed by atoms with van der Waals surface area (Å²) in [7, 11) is 0. The molecular weight excluding hydrogens is 204 g/mol. The zero-order valence-corrected chi connectivity index (χ0v) is 8.94. The Balaban J connectivity index is 1.77. The number of hydrogen-bond acceptors (Lipinski definition) is 4. The molecule has 2 heterocycles. The van der Waals surface area contributed by atoms with Crippen LogP contribution in [0.4, 0.5) is 0 Å². The molecule has 2 aromatic heterocycles. The minimum absolute atomic E-state index is 0.628. The van der Waals surface area contributed by atoms with Gasteiger partial charge < -0.3 is 0 Å². The average Bonchev–Trinajstić information content (AvgIpc) is 2.73. The van der Waals surface area contributed by atoms with E-state index < -0.39 is 0 Å². The Morgan fingerprint density at radius 3 is 3.06 bits per heavy atom. The second-order valence-electron chi connectivity index (χ2n) is 4.66. The van der Waals surface area contributed by atoms with Crippen molar-refractivity contribution in [3.05, 3.63) is 11.3 Å². The van der Waals surface area contributed by atoms with E-state index >= 15 is 0 Å². The molecule has 1 fully saturated rings. The zero-order chi connectivity index (χ0) is 10.7. The molecule has 0 saturated heterocycles. The van der Waals surface area contributed by atoms with Crippen LogP contribution in [-0.2, 0) is 6.42 Å². The highest BCUT2D eigenvalue weighted by molar-refractivity contribution is 5.59. The molecular formula is C10H12N6. The molecule has 0 radical (unpaired) electrons. The quantitative estimate of drug-likeness (QED) is 0.780. The molecule has 0 unspecified atom stereocenters. The number of aromatic nitrogens is 6. The molecule has 2 aromatic rings. The fraction of sp³-hybridized carbons (Fsp3) is 0.600. The Bertz CT molecular complexity index is 528. The first kappa shape index (κ1) is 8.43. The van der Waals surface area contributed by atoms with E-state index in [-0.39, 0.29) is 0 Å². The van der Waals surface area contributed by atoms with E-state index in [1.165, 1.54) is 17.7 Å². The van der Waals surface area contributed by atoms with Crippen molar-refractivity contribution in [2.24, 2.45) is 11.8 Å². The third-order valence-corrected chi connectivity index (χ3v) is 4.03. The van der Waals surface area contributed by atoms with E-state index in [1.807, 2.05) is 0 Å². The van der Waals surface area contributed by atoms with Gasteiger partial charge in [-0.2, -0.15) is 10.3 Å². The lowest BCUT2D eigenvalue weighted by molar-refractivity contribution is 0.670. The van der Waals surface area contributed by atoms with Crippen LogP contribution >= 0.6 is 0 Å². The minimum Gasteiger partial charge on any atom is -0.274 e. The predicted molar refractivity (Wildman–Crippen MR) is 55.5 cm³/mol. The molecule has 4 rings (SSSR count). The molecule has 0 aliphatic heterocycles. The standard InChI is InChI=1S/C10H12N6/c1-2-4-5-3-6-8(7(4)5)11-12-9(6)10-13-15-16-14-10/h4-5,7H,2-3H2,1H3,(H,11,12)(H,13,14,15,16)/t4-,5+,7-/m1/s1. The summed E-state index contributed by atoms with van der Waals surface area (Å²) in [5.41, 5.74) is 3.50. The average molecular weight is 216 g/mol. The zero-order valence-electron chi connectivity index (χ0n) is 8.94. The highest BCUT2D eigenvalue weighted by Crippen LogP contribution is 2.63. The lowest BCUT2D eigenvalue weighted by Gasteiger charge is -1.99. The molecule has 3 atom stereocenters. The van der Waals surface area contributed by atoms with Crippen molar-refractivity contribution in [1.82, 2.24) is 30.8 Å². The van der Waals surface area contributed by atoms with Gasteiger partial charge in [-0.3, -0.25) is 5.10 Å². The van der Waals surface area contributed by atoms with Crippen LogP contribution in [0.5, 0.6) is 0 Å². The van der Waals surface area contributed by atoms with Gasteiger partial charge in [0.2, 0.25) is 5.82 Å². The van der Waals surface area contributed by atoms with Crippen LogP contribution in [0.3, 0.4) is 0 Å². The number of fused-ring (bicyclic) bond motifs is 3. The van der Waals surface area contributed by atoms with Crippen molar-refractivity contribution >= 4 is 0 Å². The fourth-order valence-corrected chi connectivity index (χ4v) is 3.24. The van der Waals surface area contributed by atoms with Gasteiger partial charge in [-0.15, -0.1) is 10.2 Å². The van der Waals surface area contributed by atoms with Gasteiger partial charge in [0, 0.05) is 11.5 Å². The summed E-state index contributed by atoms with van der Waals surface area (Å²) < 4.78 is 0. The largest absolute Gasteiger partial charge is 0.274 e. The summed E-state index contributed by atoms with van der Waals surface area (Å²) in [5, 5.41) is 21.5. The van der Waals surface area contributed by atoms with Crippen LogP contribution < -0.4 is 0 Å². The predicted octanol–water partition coefficient (Wildman–Crippen LogP) is 0.885.